The topological polar surface area (TPSA) is 84.3 Å². The van der Waals surface area contributed by atoms with E-state index in [9.17, 15) is 14.9 Å². The Morgan fingerprint density at radius 3 is 2.52 bits per heavy atom. The second kappa shape index (κ2) is 7.20. The monoisotopic (exact) mass is 389 g/mol. The second-order valence-electron chi connectivity index (χ2n) is 8.30. The summed E-state index contributed by atoms with van der Waals surface area (Å²) in [7, 11) is 0. The Hall–Kier alpha value is -3.41. The molecule has 2 N–H and O–H groups in total. The number of rotatable bonds is 3. The van der Waals surface area contributed by atoms with Gasteiger partial charge in [-0.2, -0.15) is 0 Å². The molecular weight excluding hydrogens is 366 g/mol. The van der Waals surface area contributed by atoms with Crippen molar-refractivity contribution in [3.05, 3.63) is 81.6 Å². The highest BCUT2D eigenvalue weighted by molar-refractivity contribution is 6.01. The zero-order valence-corrected chi connectivity index (χ0v) is 16.4. The lowest BCUT2D eigenvalue weighted by Gasteiger charge is -2.33. The molecule has 0 unspecified atom stereocenters. The number of hydrogen-bond donors (Lipinski definition) is 2. The van der Waals surface area contributed by atoms with Crippen molar-refractivity contribution in [3.8, 4) is 0 Å². The number of allylic oxidation sites excluding steroid dienone is 1. The number of carbonyl (C=O) groups is 1. The molecular formula is C23H23N3O3. The summed E-state index contributed by atoms with van der Waals surface area (Å²) in [4.78, 5) is 24.0. The number of nitro groups is 1. The number of nitrogens with one attached hydrogen (secondary N) is 2. The number of para-hydroxylation sites is 3. The van der Waals surface area contributed by atoms with E-state index < -0.39 is 4.92 Å². The number of carbonyl (C=O) groups excluding carboxylic acids is 1. The Morgan fingerprint density at radius 1 is 1.07 bits per heavy atom. The van der Waals surface area contributed by atoms with E-state index in [1.54, 1.807) is 24.3 Å². The van der Waals surface area contributed by atoms with Crippen molar-refractivity contribution in [3.63, 3.8) is 0 Å². The van der Waals surface area contributed by atoms with Gasteiger partial charge in [-0.25, -0.2) is 0 Å². The molecule has 0 spiro atoms. The van der Waals surface area contributed by atoms with Crippen LogP contribution in [0.3, 0.4) is 0 Å². The van der Waals surface area contributed by atoms with Crippen LogP contribution in [0.2, 0.25) is 0 Å². The highest BCUT2D eigenvalue weighted by atomic mass is 16.6. The van der Waals surface area contributed by atoms with Crippen molar-refractivity contribution in [2.75, 3.05) is 10.6 Å². The van der Waals surface area contributed by atoms with Crippen LogP contribution < -0.4 is 10.6 Å². The van der Waals surface area contributed by atoms with Gasteiger partial charge in [0.15, 0.2) is 5.78 Å². The van der Waals surface area contributed by atoms with E-state index in [-0.39, 0.29) is 22.9 Å². The number of ketones is 1. The molecule has 1 heterocycles. The molecule has 2 aromatic rings. The molecule has 6 nitrogen and oxygen atoms in total. The quantitative estimate of drug-likeness (QED) is 0.560. The first-order valence-corrected chi connectivity index (χ1v) is 9.64. The molecule has 0 radical (unpaired) electrons. The van der Waals surface area contributed by atoms with Gasteiger partial charge in [0.2, 0.25) is 0 Å². The Bertz CT molecular complexity index is 1050. The Labute approximate surface area is 169 Å². The van der Waals surface area contributed by atoms with Crippen molar-refractivity contribution in [1.82, 2.24) is 0 Å². The minimum absolute atomic E-state index is 0.0428. The standard InChI is InChI=1S/C23H23N3O3/c1-23(2)13-19-22(21(27)14-23)18(24-16-8-4-5-9-17(16)25-19)12-11-15-7-3-6-10-20(15)26(28)29/h3-12,18,24-25H,13-14H2,1-2H3/b12-11-/t18-/m1/s1. The largest absolute Gasteiger partial charge is 0.373 e. The fraction of sp³-hybridized carbons (Fsp3) is 0.261. The molecule has 6 heteroatoms. The third-order valence-electron chi connectivity index (χ3n) is 5.36. The zero-order chi connectivity index (χ0) is 20.6. The molecule has 0 fully saturated rings. The van der Waals surface area contributed by atoms with Crippen molar-refractivity contribution in [2.45, 2.75) is 32.7 Å². The van der Waals surface area contributed by atoms with Gasteiger partial charge in [0.1, 0.15) is 0 Å². The van der Waals surface area contributed by atoms with Crippen LogP contribution >= 0.6 is 0 Å². The molecule has 1 aliphatic heterocycles. The van der Waals surface area contributed by atoms with Gasteiger partial charge < -0.3 is 10.6 Å². The number of nitro benzene ring substituents is 1. The average molecular weight is 389 g/mol. The minimum Gasteiger partial charge on any atom is -0.373 e. The van der Waals surface area contributed by atoms with Crippen LogP contribution in [0.4, 0.5) is 17.1 Å². The summed E-state index contributed by atoms with van der Waals surface area (Å²) in [6.45, 7) is 4.19. The molecule has 0 amide bonds. The molecule has 148 valence electrons. The van der Waals surface area contributed by atoms with Crippen molar-refractivity contribution >= 4 is 28.9 Å². The van der Waals surface area contributed by atoms with Crippen molar-refractivity contribution < 1.29 is 9.72 Å². The Balaban J connectivity index is 1.78. The van der Waals surface area contributed by atoms with Crippen LogP contribution in [0.1, 0.15) is 32.3 Å². The zero-order valence-electron chi connectivity index (χ0n) is 16.4. The smallest absolute Gasteiger partial charge is 0.276 e. The van der Waals surface area contributed by atoms with E-state index >= 15 is 0 Å². The van der Waals surface area contributed by atoms with E-state index in [1.165, 1.54) is 6.07 Å². The first kappa shape index (κ1) is 18.9. The number of benzene rings is 2. The average Bonchev–Trinajstić information content (AvgIpc) is 2.81. The molecule has 2 aliphatic rings. The van der Waals surface area contributed by atoms with Crippen LogP contribution in [0, 0.1) is 15.5 Å². The summed E-state index contributed by atoms with van der Waals surface area (Å²) in [5.41, 5.74) is 3.87. The molecule has 0 aromatic heterocycles. The molecule has 29 heavy (non-hydrogen) atoms. The Morgan fingerprint density at radius 2 is 1.76 bits per heavy atom. The predicted molar refractivity (Wildman–Crippen MR) is 115 cm³/mol. The van der Waals surface area contributed by atoms with E-state index in [1.807, 2.05) is 30.3 Å². The molecule has 0 saturated carbocycles. The van der Waals surface area contributed by atoms with Gasteiger partial charge in [-0.15, -0.1) is 0 Å². The van der Waals surface area contributed by atoms with Crippen LogP contribution in [-0.4, -0.2) is 16.7 Å². The van der Waals surface area contributed by atoms with Crippen LogP contribution in [0.5, 0.6) is 0 Å². The van der Waals surface area contributed by atoms with E-state index in [0.717, 1.165) is 23.5 Å². The van der Waals surface area contributed by atoms with Gasteiger partial charge in [0.25, 0.3) is 5.69 Å². The molecule has 4 rings (SSSR count). The van der Waals surface area contributed by atoms with Crippen molar-refractivity contribution in [2.24, 2.45) is 5.41 Å². The highest BCUT2D eigenvalue weighted by Gasteiger charge is 2.37. The summed E-state index contributed by atoms with van der Waals surface area (Å²) >= 11 is 0. The maximum Gasteiger partial charge on any atom is 0.276 e. The number of fused-ring (bicyclic) bond motifs is 1. The van der Waals surface area contributed by atoms with Crippen LogP contribution in [-0.2, 0) is 4.79 Å². The first-order valence-electron chi connectivity index (χ1n) is 9.64. The SMILES string of the molecule is CC1(C)CC(=O)C2=C(C1)Nc1ccccc1N[C@@H]2/C=C\c1ccccc1[N+](=O)[O-]. The van der Waals surface area contributed by atoms with E-state index in [0.29, 0.717) is 17.6 Å². The molecule has 1 aliphatic carbocycles. The molecule has 0 bridgehead atoms. The predicted octanol–water partition coefficient (Wildman–Crippen LogP) is 5.16. The van der Waals surface area contributed by atoms with E-state index in [4.69, 9.17) is 0 Å². The third-order valence-corrected chi connectivity index (χ3v) is 5.36. The van der Waals surface area contributed by atoms with Gasteiger partial charge in [-0.1, -0.05) is 44.2 Å². The number of hydrogen-bond acceptors (Lipinski definition) is 5. The molecule has 0 saturated heterocycles. The lowest BCUT2D eigenvalue weighted by atomic mass is 9.74. The summed E-state index contributed by atoms with van der Waals surface area (Å²) in [5.74, 6) is 0.0984. The van der Waals surface area contributed by atoms with Gasteiger partial charge in [-0.3, -0.25) is 14.9 Å². The van der Waals surface area contributed by atoms with E-state index in [2.05, 4.69) is 24.5 Å². The fourth-order valence-electron chi connectivity index (χ4n) is 4.07. The fourth-order valence-corrected chi connectivity index (χ4v) is 4.07. The lowest BCUT2D eigenvalue weighted by Crippen LogP contribution is -2.34. The molecule has 1 atom stereocenters. The maximum atomic E-state index is 13.1. The summed E-state index contributed by atoms with van der Waals surface area (Å²) in [6.07, 6.45) is 4.81. The third kappa shape index (κ3) is 3.78. The normalized spacial score (nSPS) is 20.3. The summed E-state index contributed by atoms with van der Waals surface area (Å²) in [6, 6.07) is 14.1. The van der Waals surface area contributed by atoms with Crippen LogP contribution in [0.25, 0.3) is 6.08 Å². The number of nitrogens with zero attached hydrogens (tertiary/aromatic N) is 1. The Kier molecular flexibility index (Phi) is 4.70. The van der Waals surface area contributed by atoms with Gasteiger partial charge in [-0.05, 0) is 36.1 Å². The molecule has 2 aromatic carbocycles. The van der Waals surface area contributed by atoms with Gasteiger partial charge >= 0.3 is 0 Å². The first-order chi connectivity index (χ1) is 13.8. The van der Waals surface area contributed by atoms with Crippen molar-refractivity contribution in [1.29, 1.82) is 0 Å². The second-order valence-corrected chi connectivity index (χ2v) is 8.30. The van der Waals surface area contributed by atoms with Gasteiger partial charge in [0, 0.05) is 23.8 Å². The maximum absolute atomic E-state index is 13.1. The number of anilines is 2. The summed E-state index contributed by atoms with van der Waals surface area (Å²) in [5, 5.41) is 18.2. The highest BCUT2D eigenvalue weighted by Crippen LogP contribution is 2.41. The minimum atomic E-state index is -0.393. The lowest BCUT2D eigenvalue weighted by molar-refractivity contribution is -0.385. The summed E-state index contributed by atoms with van der Waals surface area (Å²) < 4.78 is 0. The van der Waals surface area contributed by atoms with Gasteiger partial charge in [0.05, 0.1) is 27.9 Å². The van der Waals surface area contributed by atoms with Crippen LogP contribution in [0.15, 0.2) is 65.9 Å². The number of Topliss-reactive ketones (excluding diaryl/α,β-unsaturated/α-hetero) is 1.